The smallest absolute Gasteiger partial charge is 0.201 e. The van der Waals surface area contributed by atoms with Gasteiger partial charge in [0.1, 0.15) is 11.8 Å². The summed E-state index contributed by atoms with van der Waals surface area (Å²) in [5, 5.41) is 15.4. The molecule has 0 saturated carbocycles. The van der Waals surface area contributed by atoms with Gasteiger partial charge in [-0.05, 0) is 50.7 Å². The molecule has 0 radical (unpaired) electrons. The zero-order valence-corrected chi connectivity index (χ0v) is 22.5. The lowest BCUT2D eigenvalue weighted by molar-refractivity contribution is 0.0575. The van der Waals surface area contributed by atoms with Crippen molar-refractivity contribution in [1.82, 2.24) is 24.1 Å². The van der Waals surface area contributed by atoms with Gasteiger partial charge in [-0.3, -0.25) is 4.68 Å². The van der Waals surface area contributed by atoms with Gasteiger partial charge in [0.15, 0.2) is 11.6 Å². The molecule has 0 saturated heterocycles. The van der Waals surface area contributed by atoms with E-state index in [0.717, 1.165) is 28.7 Å². The number of imidazole rings is 1. The van der Waals surface area contributed by atoms with E-state index in [-0.39, 0.29) is 12.4 Å². The number of rotatable bonds is 8. The molecule has 9 heteroatoms. The molecule has 0 aliphatic carbocycles. The molecule has 0 aliphatic heterocycles. The zero-order chi connectivity index (χ0) is 27.1. The molecule has 198 valence electrons. The van der Waals surface area contributed by atoms with Crippen LogP contribution in [0, 0.1) is 24.0 Å². The predicted octanol–water partition coefficient (Wildman–Crippen LogP) is 5.08. The lowest BCUT2D eigenvalue weighted by Gasteiger charge is -2.25. The Balaban J connectivity index is 1.65. The second-order valence-electron chi connectivity index (χ2n) is 10.8. The van der Waals surface area contributed by atoms with Crippen LogP contribution in [-0.2, 0) is 20.0 Å². The third-order valence-corrected chi connectivity index (χ3v) is 6.59. The van der Waals surface area contributed by atoms with Gasteiger partial charge in [0, 0.05) is 48.6 Å². The van der Waals surface area contributed by atoms with Crippen LogP contribution in [0.3, 0.4) is 0 Å². The van der Waals surface area contributed by atoms with Crippen LogP contribution in [0.4, 0.5) is 8.78 Å². The van der Waals surface area contributed by atoms with E-state index in [1.54, 1.807) is 4.68 Å². The number of aryl methyl sites for hydroxylation is 1. The molecule has 0 bridgehead atoms. The van der Waals surface area contributed by atoms with Gasteiger partial charge in [0.25, 0.3) is 0 Å². The lowest BCUT2D eigenvalue weighted by Crippen LogP contribution is -2.20. The molecule has 1 N–H and O–H groups in total. The number of ether oxygens (including phenoxy) is 1. The second kappa shape index (κ2) is 10.2. The molecule has 1 unspecified atom stereocenters. The maximum Gasteiger partial charge on any atom is 0.201 e. The van der Waals surface area contributed by atoms with E-state index in [2.05, 4.69) is 10.1 Å². The SMILES string of the molecule is Cc1c(CCOc2c(-c3ccc4ncc(CN(C)C)n4c3)ccc(F)c2F)c(C(O)C(C)(C)C)nn1C. The van der Waals surface area contributed by atoms with E-state index in [1.165, 1.54) is 6.07 Å². The number of aliphatic hydroxyl groups excluding tert-OH is 1. The fourth-order valence-corrected chi connectivity index (χ4v) is 4.40. The fraction of sp³-hybridized carbons (Fsp3) is 0.429. The van der Waals surface area contributed by atoms with Crippen LogP contribution in [0.1, 0.15) is 49.5 Å². The van der Waals surface area contributed by atoms with Crippen molar-refractivity contribution in [3.05, 3.63) is 70.9 Å². The largest absolute Gasteiger partial charge is 0.489 e. The molecular weight excluding hydrogens is 476 g/mol. The third-order valence-electron chi connectivity index (χ3n) is 6.59. The van der Waals surface area contributed by atoms with Gasteiger partial charge < -0.3 is 19.1 Å². The van der Waals surface area contributed by atoms with Crippen molar-refractivity contribution in [3.63, 3.8) is 0 Å². The molecule has 0 fully saturated rings. The standard InChI is InChI=1S/C28H35F2N5O2/c1-17-20(25(32-34(17)7)27(36)28(2,3)4)12-13-37-26-21(9-10-22(29)24(26)30)18-8-11-23-31-14-19(16-33(5)6)35(23)15-18/h8-11,14-15,27,36H,12-13,16H2,1-7H3. The van der Waals surface area contributed by atoms with Crippen molar-refractivity contribution in [3.8, 4) is 16.9 Å². The van der Waals surface area contributed by atoms with Crippen LogP contribution >= 0.6 is 0 Å². The number of fused-ring (bicyclic) bond motifs is 1. The van der Waals surface area contributed by atoms with Crippen LogP contribution in [-0.4, -0.2) is 49.9 Å². The van der Waals surface area contributed by atoms with Gasteiger partial charge in [0.05, 0.1) is 24.2 Å². The fourth-order valence-electron chi connectivity index (χ4n) is 4.40. The van der Waals surface area contributed by atoms with E-state index in [0.29, 0.717) is 29.8 Å². The van der Waals surface area contributed by atoms with Crippen molar-refractivity contribution in [2.45, 2.75) is 46.8 Å². The van der Waals surface area contributed by atoms with Gasteiger partial charge >= 0.3 is 0 Å². The van der Waals surface area contributed by atoms with E-state index < -0.39 is 23.2 Å². The van der Waals surface area contributed by atoms with Crippen LogP contribution < -0.4 is 4.74 Å². The summed E-state index contributed by atoms with van der Waals surface area (Å²) in [6.45, 7) is 8.51. The number of pyridine rings is 1. The number of hydrogen-bond donors (Lipinski definition) is 1. The summed E-state index contributed by atoms with van der Waals surface area (Å²) in [6, 6.07) is 6.31. The van der Waals surface area contributed by atoms with E-state index in [9.17, 15) is 9.50 Å². The van der Waals surface area contributed by atoms with Crippen molar-refractivity contribution in [2.24, 2.45) is 12.5 Å². The van der Waals surface area contributed by atoms with Crippen molar-refractivity contribution in [1.29, 1.82) is 0 Å². The average Bonchev–Trinajstić information content (AvgIpc) is 3.35. The van der Waals surface area contributed by atoms with Gasteiger partial charge in [-0.25, -0.2) is 9.37 Å². The Morgan fingerprint density at radius 2 is 1.86 bits per heavy atom. The number of hydrogen-bond acceptors (Lipinski definition) is 5. The highest BCUT2D eigenvalue weighted by atomic mass is 19.2. The van der Waals surface area contributed by atoms with Gasteiger partial charge in [-0.1, -0.05) is 20.8 Å². The Morgan fingerprint density at radius 3 is 2.54 bits per heavy atom. The quantitative estimate of drug-likeness (QED) is 0.357. The first kappa shape index (κ1) is 26.8. The highest BCUT2D eigenvalue weighted by molar-refractivity contribution is 5.71. The van der Waals surface area contributed by atoms with Crippen LogP contribution in [0.15, 0.2) is 36.7 Å². The van der Waals surface area contributed by atoms with Crippen molar-refractivity contribution in [2.75, 3.05) is 20.7 Å². The molecular formula is C28H35F2N5O2. The monoisotopic (exact) mass is 511 g/mol. The topological polar surface area (TPSA) is 67.8 Å². The average molecular weight is 512 g/mol. The minimum Gasteiger partial charge on any atom is -0.489 e. The number of benzene rings is 1. The molecule has 1 atom stereocenters. The third kappa shape index (κ3) is 5.38. The summed E-state index contributed by atoms with van der Waals surface area (Å²) < 4.78 is 38.9. The first-order chi connectivity index (χ1) is 17.4. The summed E-state index contributed by atoms with van der Waals surface area (Å²) in [7, 11) is 5.76. The summed E-state index contributed by atoms with van der Waals surface area (Å²) >= 11 is 0. The first-order valence-corrected chi connectivity index (χ1v) is 12.3. The van der Waals surface area contributed by atoms with Crippen LogP contribution in [0.2, 0.25) is 0 Å². The van der Waals surface area contributed by atoms with Gasteiger partial charge in [0.2, 0.25) is 5.82 Å². The Bertz CT molecular complexity index is 1420. The Labute approximate surface area is 216 Å². The van der Waals surface area contributed by atoms with Crippen LogP contribution in [0.25, 0.3) is 16.8 Å². The number of nitrogens with zero attached hydrogens (tertiary/aromatic N) is 5. The lowest BCUT2D eigenvalue weighted by atomic mass is 9.85. The van der Waals surface area contributed by atoms with Gasteiger partial charge in [-0.15, -0.1) is 0 Å². The summed E-state index contributed by atoms with van der Waals surface area (Å²) in [5.74, 6) is -2.15. The molecule has 0 spiro atoms. The predicted molar refractivity (Wildman–Crippen MR) is 139 cm³/mol. The van der Waals surface area contributed by atoms with Crippen LogP contribution in [0.5, 0.6) is 5.75 Å². The molecule has 3 aromatic heterocycles. The number of halogens is 2. The molecule has 4 aromatic rings. The molecule has 1 aromatic carbocycles. The summed E-state index contributed by atoms with van der Waals surface area (Å²) in [5.41, 5.74) is 4.78. The molecule has 7 nitrogen and oxygen atoms in total. The minimum absolute atomic E-state index is 0.0863. The molecule has 4 rings (SSSR count). The van der Waals surface area contributed by atoms with E-state index >= 15 is 4.39 Å². The Kier molecular flexibility index (Phi) is 7.39. The van der Waals surface area contributed by atoms with Crippen molar-refractivity contribution >= 4 is 5.65 Å². The molecule has 37 heavy (non-hydrogen) atoms. The normalized spacial score (nSPS) is 13.1. The zero-order valence-electron chi connectivity index (χ0n) is 22.5. The summed E-state index contributed by atoms with van der Waals surface area (Å²) in [6.07, 6.45) is 3.28. The van der Waals surface area contributed by atoms with E-state index in [1.807, 2.05) is 82.7 Å². The van der Waals surface area contributed by atoms with Crippen molar-refractivity contribution < 1.29 is 18.6 Å². The number of aromatic nitrogens is 4. The number of aliphatic hydroxyl groups is 1. The highest BCUT2D eigenvalue weighted by Crippen LogP contribution is 2.36. The summed E-state index contributed by atoms with van der Waals surface area (Å²) in [4.78, 5) is 6.47. The van der Waals surface area contributed by atoms with E-state index in [4.69, 9.17) is 4.74 Å². The minimum atomic E-state index is -1.03. The Morgan fingerprint density at radius 1 is 1.14 bits per heavy atom. The molecule has 3 heterocycles. The Hall–Kier alpha value is -3.30. The molecule has 0 amide bonds. The highest BCUT2D eigenvalue weighted by Gasteiger charge is 2.30. The maximum atomic E-state index is 15.0. The maximum absolute atomic E-state index is 15.0. The van der Waals surface area contributed by atoms with Gasteiger partial charge in [-0.2, -0.15) is 9.49 Å². The first-order valence-electron chi connectivity index (χ1n) is 12.3. The second-order valence-corrected chi connectivity index (χ2v) is 10.8. The molecule has 0 aliphatic rings.